The Bertz CT molecular complexity index is 287. The second-order valence-corrected chi connectivity index (χ2v) is 4.53. The number of guanidine groups is 1. The van der Waals surface area contributed by atoms with Crippen LogP contribution in [0, 0.1) is 0 Å². The van der Waals surface area contributed by atoms with Gasteiger partial charge in [0.1, 0.15) is 12.3 Å². The zero-order valence-electron chi connectivity index (χ0n) is 9.71. The Balaban J connectivity index is 1.95. The van der Waals surface area contributed by atoms with Crippen molar-refractivity contribution in [3.8, 4) is 0 Å². The SMILES string of the molecule is CC1CC(O)N/C(=N\[C@H]2C[C@H](O)[C@@H](CO)O2)N1. The van der Waals surface area contributed by atoms with Crippen LogP contribution in [-0.2, 0) is 4.74 Å². The molecule has 2 heterocycles. The molecule has 0 radical (unpaired) electrons. The monoisotopic (exact) mass is 245 g/mol. The summed E-state index contributed by atoms with van der Waals surface area (Å²) in [4.78, 5) is 4.23. The van der Waals surface area contributed by atoms with Crippen LogP contribution in [0.5, 0.6) is 0 Å². The molecule has 2 fully saturated rings. The lowest BCUT2D eigenvalue weighted by Gasteiger charge is -2.28. The van der Waals surface area contributed by atoms with E-state index >= 15 is 0 Å². The highest BCUT2D eigenvalue weighted by Crippen LogP contribution is 2.21. The molecule has 7 heteroatoms. The molecule has 2 aliphatic heterocycles. The van der Waals surface area contributed by atoms with Gasteiger partial charge in [0.2, 0.25) is 0 Å². The molecule has 0 saturated carbocycles. The molecule has 0 aromatic carbocycles. The summed E-state index contributed by atoms with van der Waals surface area (Å²) >= 11 is 0. The van der Waals surface area contributed by atoms with Crippen LogP contribution in [0.2, 0.25) is 0 Å². The molecular formula is C10H19N3O4. The molecule has 0 aliphatic carbocycles. The first-order valence-electron chi connectivity index (χ1n) is 5.82. The van der Waals surface area contributed by atoms with Crippen molar-refractivity contribution < 1.29 is 20.1 Å². The van der Waals surface area contributed by atoms with E-state index in [0.29, 0.717) is 18.8 Å². The lowest BCUT2D eigenvalue weighted by molar-refractivity contribution is -0.0197. The van der Waals surface area contributed by atoms with Gasteiger partial charge >= 0.3 is 0 Å². The lowest BCUT2D eigenvalue weighted by atomic mass is 10.2. The summed E-state index contributed by atoms with van der Waals surface area (Å²) in [5.74, 6) is 0.465. The summed E-state index contributed by atoms with van der Waals surface area (Å²) in [7, 11) is 0. The third-order valence-corrected chi connectivity index (χ3v) is 2.92. The van der Waals surface area contributed by atoms with Gasteiger partial charge in [0, 0.05) is 18.9 Å². The lowest BCUT2D eigenvalue weighted by Crippen LogP contribution is -2.54. The standard InChI is InChI=1S/C10H19N3O4/c1-5-2-8(16)12-10(11-5)13-9-3-6(15)7(4-14)17-9/h5-9,14-16H,2-4H2,1H3,(H2,11,12,13)/t5?,6-,7+,8?,9+/m0/s1. The molecule has 0 spiro atoms. The third kappa shape index (κ3) is 3.06. The predicted octanol–water partition coefficient (Wildman–Crippen LogP) is -1.90. The largest absolute Gasteiger partial charge is 0.394 e. The minimum absolute atomic E-state index is 0.130. The van der Waals surface area contributed by atoms with Crippen LogP contribution in [-0.4, -0.2) is 58.6 Å². The van der Waals surface area contributed by atoms with Gasteiger partial charge in [-0.3, -0.25) is 0 Å². The maximum Gasteiger partial charge on any atom is 0.196 e. The van der Waals surface area contributed by atoms with Crippen LogP contribution < -0.4 is 10.6 Å². The Morgan fingerprint density at radius 3 is 2.71 bits per heavy atom. The Morgan fingerprint density at radius 1 is 1.35 bits per heavy atom. The quantitative estimate of drug-likeness (QED) is 0.389. The van der Waals surface area contributed by atoms with Crippen LogP contribution in [0.15, 0.2) is 4.99 Å². The molecular weight excluding hydrogens is 226 g/mol. The van der Waals surface area contributed by atoms with Crippen molar-refractivity contribution in [2.24, 2.45) is 4.99 Å². The van der Waals surface area contributed by atoms with Crippen molar-refractivity contribution in [1.82, 2.24) is 10.6 Å². The highest BCUT2D eigenvalue weighted by atomic mass is 16.5. The molecule has 0 aromatic heterocycles. The maximum absolute atomic E-state index is 9.55. The zero-order chi connectivity index (χ0) is 12.4. The van der Waals surface area contributed by atoms with Gasteiger partial charge in [-0.05, 0) is 6.92 Å². The maximum atomic E-state index is 9.55. The number of aliphatic hydroxyl groups is 3. The summed E-state index contributed by atoms with van der Waals surface area (Å²) in [6.45, 7) is 1.73. The average Bonchev–Trinajstić information content (AvgIpc) is 2.57. The van der Waals surface area contributed by atoms with Gasteiger partial charge < -0.3 is 30.7 Å². The molecule has 5 N–H and O–H groups in total. The highest BCUT2D eigenvalue weighted by Gasteiger charge is 2.34. The zero-order valence-corrected chi connectivity index (χ0v) is 9.71. The van der Waals surface area contributed by atoms with Gasteiger partial charge in [0.25, 0.3) is 0 Å². The molecule has 7 nitrogen and oxygen atoms in total. The van der Waals surface area contributed by atoms with Gasteiger partial charge in [0.15, 0.2) is 12.2 Å². The van der Waals surface area contributed by atoms with Crippen molar-refractivity contribution in [2.45, 2.75) is 50.5 Å². The van der Waals surface area contributed by atoms with E-state index in [-0.39, 0.29) is 12.6 Å². The first kappa shape index (κ1) is 12.6. The molecule has 2 saturated heterocycles. The highest BCUT2D eigenvalue weighted by molar-refractivity contribution is 5.81. The number of hydrogen-bond donors (Lipinski definition) is 5. The summed E-state index contributed by atoms with van der Waals surface area (Å²) in [5.41, 5.74) is 0. The number of ether oxygens (including phenoxy) is 1. The van der Waals surface area contributed by atoms with Crippen molar-refractivity contribution in [3.05, 3.63) is 0 Å². The first-order chi connectivity index (χ1) is 8.08. The van der Waals surface area contributed by atoms with E-state index in [9.17, 15) is 10.2 Å². The van der Waals surface area contributed by atoms with Crippen LogP contribution >= 0.6 is 0 Å². The van der Waals surface area contributed by atoms with Crippen molar-refractivity contribution >= 4 is 5.96 Å². The third-order valence-electron chi connectivity index (χ3n) is 2.92. The number of nitrogens with one attached hydrogen (secondary N) is 2. The van der Waals surface area contributed by atoms with Gasteiger partial charge in [-0.15, -0.1) is 0 Å². The average molecular weight is 245 g/mol. The topological polar surface area (TPSA) is 106 Å². The van der Waals surface area contributed by atoms with Crippen molar-refractivity contribution in [3.63, 3.8) is 0 Å². The van der Waals surface area contributed by atoms with Gasteiger partial charge in [0.05, 0.1) is 12.7 Å². The summed E-state index contributed by atoms with van der Waals surface area (Å²) in [6, 6.07) is 0.130. The molecule has 2 unspecified atom stereocenters. The fourth-order valence-corrected chi connectivity index (χ4v) is 2.06. The van der Waals surface area contributed by atoms with Crippen molar-refractivity contribution in [1.29, 1.82) is 0 Å². The van der Waals surface area contributed by atoms with E-state index in [0.717, 1.165) is 0 Å². The van der Waals surface area contributed by atoms with Crippen LogP contribution in [0.4, 0.5) is 0 Å². The molecule has 2 aliphatic rings. The molecule has 5 atom stereocenters. The molecule has 0 bridgehead atoms. The summed E-state index contributed by atoms with van der Waals surface area (Å²) in [5, 5.41) is 33.9. The number of aliphatic imine (C=N–C) groups is 1. The summed E-state index contributed by atoms with van der Waals surface area (Å²) in [6.07, 6.45) is -1.43. The fourth-order valence-electron chi connectivity index (χ4n) is 2.06. The number of hydrogen-bond acceptors (Lipinski definition) is 5. The van der Waals surface area contributed by atoms with E-state index in [1.54, 1.807) is 0 Å². The first-order valence-corrected chi connectivity index (χ1v) is 5.82. The van der Waals surface area contributed by atoms with Gasteiger partial charge in [-0.2, -0.15) is 0 Å². The Hall–Kier alpha value is -0.890. The van der Waals surface area contributed by atoms with E-state index in [1.807, 2.05) is 6.92 Å². The second-order valence-electron chi connectivity index (χ2n) is 4.53. The minimum atomic E-state index is -0.694. The number of nitrogens with zero attached hydrogens (tertiary/aromatic N) is 1. The van der Waals surface area contributed by atoms with E-state index in [1.165, 1.54) is 0 Å². The van der Waals surface area contributed by atoms with E-state index in [2.05, 4.69) is 15.6 Å². The van der Waals surface area contributed by atoms with Gasteiger partial charge in [-0.1, -0.05) is 0 Å². The molecule has 0 amide bonds. The normalized spacial score (nSPS) is 44.5. The molecule has 2 rings (SSSR count). The fraction of sp³-hybridized carbons (Fsp3) is 0.900. The predicted molar refractivity (Wildman–Crippen MR) is 60.2 cm³/mol. The number of aliphatic hydroxyl groups excluding tert-OH is 3. The molecule has 0 aromatic rings. The van der Waals surface area contributed by atoms with Crippen LogP contribution in [0.3, 0.4) is 0 Å². The van der Waals surface area contributed by atoms with Gasteiger partial charge in [-0.25, -0.2) is 4.99 Å². The van der Waals surface area contributed by atoms with E-state index < -0.39 is 24.7 Å². The molecule has 98 valence electrons. The molecule has 17 heavy (non-hydrogen) atoms. The number of rotatable bonds is 2. The Kier molecular flexibility index (Phi) is 3.82. The minimum Gasteiger partial charge on any atom is -0.394 e. The summed E-state index contributed by atoms with van der Waals surface area (Å²) < 4.78 is 5.35. The Morgan fingerprint density at radius 2 is 2.12 bits per heavy atom. The van der Waals surface area contributed by atoms with Crippen molar-refractivity contribution in [2.75, 3.05) is 6.61 Å². The van der Waals surface area contributed by atoms with Crippen LogP contribution in [0.1, 0.15) is 19.8 Å². The Labute approximate surface area is 99.5 Å². The smallest absolute Gasteiger partial charge is 0.196 e. The van der Waals surface area contributed by atoms with E-state index in [4.69, 9.17) is 9.84 Å². The van der Waals surface area contributed by atoms with Crippen LogP contribution in [0.25, 0.3) is 0 Å². The second kappa shape index (κ2) is 5.18.